The number of aliphatic carboxylic acids is 1. The highest BCUT2D eigenvalue weighted by Gasteiger charge is 2.14. The lowest BCUT2D eigenvalue weighted by atomic mass is 10.0. The Morgan fingerprint density at radius 1 is 1.37 bits per heavy atom. The zero-order valence-electron chi connectivity index (χ0n) is 10.1. The topological polar surface area (TPSA) is 79.1 Å². The molecule has 0 bridgehead atoms. The maximum atomic E-state index is 10.7. The number of para-hydroxylation sites is 1. The zero-order chi connectivity index (χ0) is 13.2. The summed E-state index contributed by atoms with van der Waals surface area (Å²) in [6, 6.07) is 7.71. The quantitative estimate of drug-likeness (QED) is 0.752. The second-order valence-electron chi connectivity index (χ2n) is 4.31. The summed E-state index contributed by atoms with van der Waals surface area (Å²) in [5, 5.41) is 16.7. The molecule has 5 nitrogen and oxygen atoms in total. The molecule has 0 saturated heterocycles. The predicted octanol–water partition coefficient (Wildman–Crippen LogP) is 2.84. The number of carboxylic acid groups (broad SMARTS) is 1. The highest BCUT2D eigenvalue weighted by molar-refractivity contribution is 5.93. The Morgan fingerprint density at radius 3 is 3.05 bits per heavy atom. The van der Waals surface area contributed by atoms with E-state index in [0.717, 1.165) is 27.8 Å². The van der Waals surface area contributed by atoms with Crippen molar-refractivity contribution in [1.82, 2.24) is 10.2 Å². The van der Waals surface area contributed by atoms with E-state index in [0.29, 0.717) is 6.42 Å². The zero-order valence-corrected chi connectivity index (χ0v) is 10.1. The molecular formula is C14H12N2O3. The van der Waals surface area contributed by atoms with Crippen molar-refractivity contribution in [2.75, 3.05) is 0 Å². The van der Waals surface area contributed by atoms with Gasteiger partial charge >= 0.3 is 5.97 Å². The molecule has 0 saturated carbocycles. The predicted molar refractivity (Wildman–Crippen MR) is 69.8 cm³/mol. The van der Waals surface area contributed by atoms with Crippen LogP contribution in [0.4, 0.5) is 0 Å². The van der Waals surface area contributed by atoms with Gasteiger partial charge in [-0.2, -0.15) is 5.10 Å². The third-order valence-corrected chi connectivity index (χ3v) is 3.08. The van der Waals surface area contributed by atoms with E-state index in [1.165, 1.54) is 0 Å². The Labute approximate surface area is 108 Å². The van der Waals surface area contributed by atoms with Crippen LogP contribution in [0.5, 0.6) is 0 Å². The molecule has 3 rings (SSSR count). The molecule has 0 unspecified atom stereocenters. The summed E-state index contributed by atoms with van der Waals surface area (Å²) >= 11 is 0. The molecule has 0 aliphatic heterocycles. The molecule has 96 valence electrons. The fourth-order valence-electron chi connectivity index (χ4n) is 2.15. The number of rotatable bonds is 4. The number of aromatic amines is 1. The van der Waals surface area contributed by atoms with Gasteiger partial charge in [0, 0.05) is 17.4 Å². The normalized spacial score (nSPS) is 10.9. The molecule has 0 radical (unpaired) electrons. The van der Waals surface area contributed by atoms with Crippen molar-refractivity contribution in [3.63, 3.8) is 0 Å². The molecule has 19 heavy (non-hydrogen) atoms. The first-order chi connectivity index (χ1) is 9.25. The van der Waals surface area contributed by atoms with Gasteiger partial charge in [-0.25, -0.2) is 0 Å². The summed E-state index contributed by atoms with van der Waals surface area (Å²) in [5.74, 6) is -0.816. The second kappa shape index (κ2) is 4.61. The van der Waals surface area contributed by atoms with E-state index < -0.39 is 5.97 Å². The number of fused-ring (bicyclic) bond motifs is 1. The van der Waals surface area contributed by atoms with E-state index >= 15 is 0 Å². The van der Waals surface area contributed by atoms with Crippen LogP contribution >= 0.6 is 0 Å². The highest BCUT2D eigenvalue weighted by atomic mass is 16.4. The van der Waals surface area contributed by atoms with Crippen LogP contribution in [0.25, 0.3) is 22.2 Å². The molecular weight excluding hydrogens is 244 g/mol. The molecule has 0 aliphatic carbocycles. The third-order valence-electron chi connectivity index (χ3n) is 3.08. The van der Waals surface area contributed by atoms with Gasteiger partial charge in [0.2, 0.25) is 0 Å². The molecule has 2 N–H and O–H groups in total. The second-order valence-corrected chi connectivity index (χ2v) is 4.31. The molecule has 2 aromatic heterocycles. The first-order valence-corrected chi connectivity index (χ1v) is 5.96. The van der Waals surface area contributed by atoms with Crippen molar-refractivity contribution in [2.24, 2.45) is 0 Å². The summed E-state index contributed by atoms with van der Waals surface area (Å²) < 4.78 is 5.49. The number of furan rings is 1. The fourth-order valence-corrected chi connectivity index (χ4v) is 2.15. The standard InChI is InChI=1S/C14H12N2O3/c17-13(18)6-5-9-7-15-16-14(9)11-8-19-12-4-2-1-3-10(11)12/h1-4,7-8H,5-6H2,(H,15,16)(H,17,18). The summed E-state index contributed by atoms with van der Waals surface area (Å²) in [5.41, 5.74) is 3.42. The minimum absolute atomic E-state index is 0.0856. The molecule has 3 aromatic rings. The van der Waals surface area contributed by atoms with E-state index in [9.17, 15) is 4.79 Å². The maximum Gasteiger partial charge on any atom is 0.303 e. The Hall–Kier alpha value is -2.56. The highest BCUT2D eigenvalue weighted by Crippen LogP contribution is 2.31. The van der Waals surface area contributed by atoms with E-state index in [1.54, 1.807) is 12.5 Å². The molecule has 2 heterocycles. The summed E-state index contributed by atoms with van der Waals surface area (Å²) in [6.45, 7) is 0. The number of carbonyl (C=O) groups is 1. The lowest BCUT2D eigenvalue weighted by molar-refractivity contribution is -0.136. The number of nitrogens with one attached hydrogen (secondary N) is 1. The van der Waals surface area contributed by atoms with Crippen molar-refractivity contribution in [1.29, 1.82) is 0 Å². The molecule has 0 atom stereocenters. The van der Waals surface area contributed by atoms with Crippen LogP contribution in [0.15, 0.2) is 41.1 Å². The average Bonchev–Trinajstić information content (AvgIpc) is 3.02. The van der Waals surface area contributed by atoms with E-state index in [-0.39, 0.29) is 6.42 Å². The fraction of sp³-hybridized carbons (Fsp3) is 0.143. The van der Waals surface area contributed by atoms with Crippen molar-refractivity contribution in [2.45, 2.75) is 12.8 Å². The van der Waals surface area contributed by atoms with Crippen molar-refractivity contribution >= 4 is 16.9 Å². The molecule has 0 amide bonds. The van der Waals surface area contributed by atoms with Crippen LogP contribution in [-0.4, -0.2) is 21.3 Å². The molecule has 5 heteroatoms. The molecule has 0 spiro atoms. The van der Waals surface area contributed by atoms with Crippen LogP contribution in [0.3, 0.4) is 0 Å². The van der Waals surface area contributed by atoms with Crippen molar-refractivity contribution < 1.29 is 14.3 Å². The van der Waals surface area contributed by atoms with Gasteiger partial charge in [0.1, 0.15) is 11.8 Å². The number of aryl methyl sites for hydroxylation is 1. The SMILES string of the molecule is O=C(O)CCc1cn[nH]c1-c1coc2ccccc12. The number of aromatic nitrogens is 2. The average molecular weight is 256 g/mol. The largest absolute Gasteiger partial charge is 0.481 e. The van der Waals surface area contributed by atoms with Gasteiger partial charge in [-0.1, -0.05) is 18.2 Å². The van der Waals surface area contributed by atoms with Crippen LogP contribution in [0.1, 0.15) is 12.0 Å². The maximum absolute atomic E-state index is 10.7. The Balaban J connectivity index is 2.02. The van der Waals surface area contributed by atoms with Crippen LogP contribution < -0.4 is 0 Å². The minimum atomic E-state index is -0.816. The van der Waals surface area contributed by atoms with Gasteiger partial charge in [0.15, 0.2) is 0 Å². The smallest absolute Gasteiger partial charge is 0.303 e. The van der Waals surface area contributed by atoms with Gasteiger partial charge in [0.05, 0.1) is 11.9 Å². The number of nitrogens with zero attached hydrogens (tertiary/aromatic N) is 1. The Bertz CT molecular complexity index is 727. The van der Waals surface area contributed by atoms with Gasteiger partial charge in [0.25, 0.3) is 0 Å². The third kappa shape index (κ3) is 2.10. The summed E-state index contributed by atoms with van der Waals surface area (Å²) in [6.07, 6.45) is 3.87. The van der Waals surface area contributed by atoms with Crippen molar-refractivity contribution in [3.8, 4) is 11.3 Å². The van der Waals surface area contributed by atoms with Crippen LogP contribution in [0, 0.1) is 0 Å². The summed E-state index contributed by atoms with van der Waals surface area (Å²) in [4.78, 5) is 10.7. The van der Waals surface area contributed by atoms with Gasteiger partial charge in [-0.15, -0.1) is 0 Å². The van der Waals surface area contributed by atoms with Crippen LogP contribution in [0.2, 0.25) is 0 Å². The number of H-pyrrole nitrogens is 1. The number of carboxylic acids is 1. The van der Waals surface area contributed by atoms with Gasteiger partial charge < -0.3 is 9.52 Å². The number of hydrogen-bond acceptors (Lipinski definition) is 3. The van der Waals surface area contributed by atoms with Gasteiger partial charge in [-0.3, -0.25) is 9.89 Å². The van der Waals surface area contributed by atoms with Crippen LogP contribution in [-0.2, 0) is 11.2 Å². The first kappa shape index (κ1) is 11.5. The Morgan fingerprint density at radius 2 is 2.21 bits per heavy atom. The van der Waals surface area contributed by atoms with Crippen molar-refractivity contribution in [3.05, 3.63) is 42.3 Å². The molecule has 0 fully saturated rings. The molecule has 1 aromatic carbocycles. The Kier molecular flexibility index (Phi) is 2.79. The van der Waals surface area contributed by atoms with E-state index in [2.05, 4.69) is 10.2 Å². The number of hydrogen-bond donors (Lipinski definition) is 2. The van der Waals surface area contributed by atoms with E-state index in [4.69, 9.17) is 9.52 Å². The van der Waals surface area contributed by atoms with E-state index in [1.807, 2.05) is 24.3 Å². The lowest BCUT2D eigenvalue weighted by Crippen LogP contribution is -1.97. The molecule has 0 aliphatic rings. The van der Waals surface area contributed by atoms with Gasteiger partial charge in [-0.05, 0) is 18.1 Å². The lowest BCUT2D eigenvalue weighted by Gasteiger charge is -1.99. The number of benzene rings is 1. The summed E-state index contributed by atoms with van der Waals surface area (Å²) in [7, 11) is 0. The monoisotopic (exact) mass is 256 g/mol. The minimum Gasteiger partial charge on any atom is -0.481 e. The first-order valence-electron chi connectivity index (χ1n) is 5.96.